The second-order valence-electron chi connectivity index (χ2n) is 7.42. The van der Waals surface area contributed by atoms with E-state index in [1.165, 1.54) is 18.4 Å². The second-order valence-corrected chi connectivity index (χ2v) is 7.42. The molecule has 3 saturated carbocycles. The number of aliphatic hydroxyl groups is 1. The fourth-order valence-electron chi connectivity index (χ4n) is 4.34. The average Bonchev–Trinajstić information content (AvgIpc) is 2.37. The predicted octanol–water partition coefficient (Wildman–Crippen LogP) is 2.63. The minimum absolute atomic E-state index is 0.00887. The molecule has 0 saturated heterocycles. The molecule has 0 amide bonds. The monoisotopic (exact) mass is 287 g/mol. The van der Waals surface area contributed by atoms with Crippen molar-refractivity contribution in [2.75, 3.05) is 0 Å². The molecule has 0 aliphatic heterocycles. The smallest absolute Gasteiger partial charge is 0.0720 e. The fourth-order valence-corrected chi connectivity index (χ4v) is 4.34. The van der Waals surface area contributed by atoms with Crippen molar-refractivity contribution in [3.63, 3.8) is 0 Å². The van der Waals surface area contributed by atoms with Crippen LogP contribution in [0, 0.1) is 5.41 Å². The number of benzene rings is 1. The SMILES string of the molecule is OC1CC2(C1)CC(N[C@H]1C[C@@H](OCc3ccccc3)C1)C2. The lowest BCUT2D eigenvalue weighted by Gasteiger charge is -2.57. The summed E-state index contributed by atoms with van der Waals surface area (Å²) in [7, 11) is 0. The first-order valence-corrected chi connectivity index (χ1v) is 8.30. The summed E-state index contributed by atoms with van der Waals surface area (Å²) in [6, 6.07) is 11.8. The molecule has 3 aliphatic rings. The zero-order valence-corrected chi connectivity index (χ0v) is 12.5. The van der Waals surface area contributed by atoms with Gasteiger partial charge >= 0.3 is 0 Å². The van der Waals surface area contributed by atoms with E-state index >= 15 is 0 Å². The Morgan fingerprint density at radius 1 is 1.05 bits per heavy atom. The van der Waals surface area contributed by atoms with Crippen LogP contribution in [0.1, 0.15) is 44.1 Å². The zero-order valence-electron chi connectivity index (χ0n) is 12.5. The maximum absolute atomic E-state index is 9.42. The normalized spacial score (nSPS) is 41.2. The largest absolute Gasteiger partial charge is 0.393 e. The number of aliphatic hydroxyl groups excluding tert-OH is 1. The van der Waals surface area contributed by atoms with Gasteiger partial charge in [0.2, 0.25) is 0 Å². The van der Waals surface area contributed by atoms with Gasteiger partial charge in [0.15, 0.2) is 0 Å². The lowest BCUT2D eigenvalue weighted by molar-refractivity contribution is -0.105. The molecule has 3 aliphatic carbocycles. The fraction of sp³-hybridized carbons (Fsp3) is 0.667. The van der Waals surface area contributed by atoms with Gasteiger partial charge in [-0.3, -0.25) is 0 Å². The first-order chi connectivity index (χ1) is 10.2. The Morgan fingerprint density at radius 2 is 1.76 bits per heavy atom. The highest BCUT2D eigenvalue weighted by molar-refractivity contribution is 5.13. The Labute approximate surface area is 126 Å². The molecule has 3 fully saturated rings. The third-order valence-corrected chi connectivity index (χ3v) is 5.59. The highest BCUT2D eigenvalue weighted by atomic mass is 16.5. The molecule has 2 N–H and O–H groups in total. The number of ether oxygens (including phenoxy) is 1. The summed E-state index contributed by atoms with van der Waals surface area (Å²) in [5.74, 6) is 0. The molecule has 21 heavy (non-hydrogen) atoms. The zero-order chi connectivity index (χ0) is 14.3. The van der Waals surface area contributed by atoms with E-state index in [0.717, 1.165) is 32.3 Å². The van der Waals surface area contributed by atoms with Crippen LogP contribution < -0.4 is 5.32 Å². The van der Waals surface area contributed by atoms with E-state index in [4.69, 9.17) is 4.74 Å². The summed E-state index contributed by atoms with van der Waals surface area (Å²) < 4.78 is 5.94. The lowest BCUT2D eigenvalue weighted by atomic mass is 9.52. The van der Waals surface area contributed by atoms with Crippen molar-refractivity contribution >= 4 is 0 Å². The second kappa shape index (κ2) is 5.38. The number of nitrogens with one attached hydrogen (secondary N) is 1. The van der Waals surface area contributed by atoms with Crippen molar-refractivity contribution in [2.45, 2.75) is 69.4 Å². The lowest BCUT2D eigenvalue weighted by Crippen LogP contribution is -2.60. The Hall–Kier alpha value is -0.900. The molecule has 1 aromatic rings. The number of hydrogen-bond donors (Lipinski definition) is 2. The highest BCUT2D eigenvalue weighted by Crippen LogP contribution is 2.56. The van der Waals surface area contributed by atoms with Crippen molar-refractivity contribution in [2.24, 2.45) is 5.41 Å². The molecule has 0 bridgehead atoms. The molecule has 0 radical (unpaired) electrons. The van der Waals surface area contributed by atoms with Crippen molar-refractivity contribution < 1.29 is 9.84 Å². The van der Waals surface area contributed by atoms with Crippen LogP contribution in [0.15, 0.2) is 30.3 Å². The molecule has 4 rings (SSSR count). The Bertz CT molecular complexity index is 469. The molecule has 3 heteroatoms. The van der Waals surface area contributed by atoms with Crippen LogP contribution in [0.3, 0.4) is 0 Å². The molecule has 1 aromatic carbocycles. The van der Waals surface area contributed by atoms with E-state index in [1.54, 1.807) is 0 Å². The van der Waals surface area contributed by atoms with Gasteiger partial charge in [0.1, 0.15) is 0 Å². The van der Waals surface area contributed by atoms with Gasteiger partial charge < -0.3 is 15.2 Å². The van der Waals surface area contributed by atoms with E-state index in [9.17, 15) is 5.11 Å². The summed E-state index contributed by atoms with van der Waals surface area (Å²) in [5, 5.41) is 13.2. The molecule has 3 nitrogen and oxygen atoms in total. The van der Waals surface area contributed by atoms with Crippen molar-refractivity contribution in [3.05, 3.63) is 35.9 Å². The Balaban J connectivity index is 1.11. The first-order valence-electron chi connectivity index (χ1n) is 8.30. The van der Waals surface area contributed by atoms with Crippen LogP contribution in [0.2, 0.25) is 0 Å². The third kappa shape index (κ3) is 2.87. The maximum Gasteiger partial charge on any atom is 0.0720 e. The molecule has 114 valence electrons. The first kappa shape index (κ1) is 13.7. The Morgan fingerprint density at radius 3 is 2.43 bits per heavy atom. The van der Waals surface area contributed by atoms with Gasteiger partial charge in [0.25, 0.3) is 0 Å². The molecule has 0 heterocycles. The van der Waals surface area contributed by atoms with E-state index < -0.39 is 0 Å². The average molecular weight is 287 g/mol. The van der Waals surface area contributed by atoms with Crippen LogP contribution in [0.4, 0.5) is 0 Å². The molecule has 0 atom stereocenters. The van der Waals surface area contributed by atoms with Gasteiger partial charge in [-0.2, -0.15) is 0 Å². The van der Waals surface area contributed by atoms with E-state index in [2.05, 4.69) is 29.6 Å². The van der Waals surface area contributed by atoms with E-state index in [0.29, 0.717) is 23.6 Å². The molecular weight excluding hydrogens is 262 g/mol. The van der Waals surface area contributed by atoms with Crippen LogP contribution >= 0.6 is 0 Å². The van der Waals surface area contributed by atoms with Gasteiger partial charge in [-0.1, -0.05) is 30.3 Å². The van der Waals surface area contributed by atoms with Crippen LogP contribution in [-0.4, -0.2) is 29.4 Å². The van der Waals surface area contributed by atoms with Crippen LogP contribution in [-0.2, 0) is 11.3 Å². The van der Waals surface area contributed by atoms with Crippen LogP contribution in [0.5, 0.6) is 0 Å². The maximum atomic E-state index is 9.42. The molecule has 0 aromatic heterocycles. The summed E-state index contributed by atoms with van der Waals surface area (Å²) in [6.45, 7) is 0.739. The van der Waals surface area contributed by atoms with Crippen molar-refractivity contribution in [1.29, 1.82) is 0 Å². The van der Waals surface area contributed by atoms with Gasteiger partial charge in [-0.25, -0.2) is 0 Å². The van der Waals surface area contributed by atoms with Gasteiger partial charge in [0.05, 0.1) is 18.8 Å². The summed E-state index contributed by atoms with van der Waals surface area (Å²) in [6.07, 6.45) is 7.36. The third-order valence-electron chi connectivity index (χ3n) is 5.59. The van der Waals surface area contributed by atoms with E-state index in [1.807, 2.05) is 6.07 Å². The van der Waals surface area contributed by atoms with Gasteiger partial charge in [-0.05, 0) is 49.5 Å². The van der Waals surface area contributed by atoms with Gasteiger partial charge in [-0.15, -0.1) is 0 Å². The minimum Gasteiger partial charge on any atom is -0.393 e. The summed E-state index contributed by atoms with van der Waals surface area (Å²) in [5.41, 5.74) is 1.78. The summed E-state index contributed by atoms with van der Waals surface area (Å²) in [4.78, 5) is 0. The minimum atomic E-state index is -0.00887. The summed E-state index contributed by atoms with van der Waals surface area (Å²) >= 11 is 0. The highest BCUT2D eigenvalue weighted by Gasteiger charge is 2.53. The van der Waals surface area contributed by atoms with Crippen molar-refractivity contribution in [3.8, 4) is 0 Å². The quantitative estimate of drug-likeness (QED) is 0.875. The van der Waals surface area contributed by atoms with Crippen LogP contribution in [0.25, 0.3) is 0 Å². The van der Waals surface area contributed by atoms with Gasteiger partial charge in [0, 0.05) is 12.1 Å². The van der Waals surface area contributed by atoms with Crippen molar-refractivity contribution in [1.82, 2.24) is 5.32 Å². The topological polar surface area (TPSA) is 41.5 Å². The standard InChI is InChI=1S/C18H25NO2/c20-16-10-18(11-16)8-15(9-18)19-14-6-17(7-14)21-12-13-4-2-1-3-5-13/h1-5,14-17,19-20H,6-12H2/t14-,15?,16?,17+,18?. The molecule has 1 spiro atoms. The number of hydrogen-bond acceptors (Lipinski definition) is 3. The predicted molar refractivity (Wildman–Crippen MR) is 81.9 cm³/mol. The molecular formula is C18H25NO2. The number of rotatable bonds is 5. The van der Waals surface area contributed by atoms with E-state index in [-0.39, 0.29) is 6.10 Å². The molecule has 0 unspecified atom stereocenters. The Kier molecular flexibility index (Phi) is 3.52.